The van der Waals surface area contributed by atoms with Crippen LogP contribution in [0, 0.1) is 17.1 Å². The van der Waals surface area contributed by atoms with Crippen LogP contribution in [-0.4, -0.2) is 18.6 Å². The Labute approximate surface area is 108 Å². The SMILES string of the molecule is CCN(CCCC(C)(N)C#N)c1ccccc1F. The van der Waals surface area contributed by atoms with E-state index in [9.17, 15) is 4.39 Å². The van der Waals surface area contributed by atoms with E-state index in [4.69, 9.17) is 11.0 Å². The van der Waals surface area contributed by atoms with E-state index >= 15 is 0 Å². The molecule has 1 rings (SSSR count). The molecule has 0 aliphatic heterocycles. The Balaban J connectivity index is 2.59. The zero-order chi connectivity index (χ0) is 13.6. The Morgan fingerprint density at radius 2 is 2.11 bits per heavy atom. The number of nitrogens with zero attached hydrogens (tertiary/aromatic N) is 2. The molecule has 0 heterocycles. The molecule has 1 unspecified atom stereocenters. The maximum atomic E-state index is 13.6. The van der Waals surface area contributed by atoms with Gasteiger partial charge >= 0.3 is 0 Å². The van der Waals surface area contributed by atoms with Crippen LogP contribution in [0.15, 0.2) is 24.3 Å². The minimum Gasteiger partial charge on any atom is -0.369 e. The molecule has 0 amide bonds. The van der Waals surface area contributed by atoms with E-state index in [2.05, 4.69) is 6.07 Å². The molecule has 4 heteroatoms. The van der Waals surface area contributed by atoms with Crippen molar-refractivity contribution < 1.29 is 4.39 Å². The van der Waals surface area contributed by atoms with Gasteiger partial charge in [-0.15, -0.1) is 0 Å². The van der Waals surface area contributed by atoms with E-state index in [1.807, 2.05) is 17.9 Å². The molecule has 0 aromatic heterocycles. The van der Waals surface area contributed by atoms with E-state index in [0.29, 0.717) is 18.7 Å². The monoisotopic (exact) mass is 249 g/mol. The Morgan fingerprint density at radius 3 is 2.67 bits per heavy atom. The van der Waals surface area contributed by atoms with Crippen molar-refractivity contribution in [3.05, 3.63) is 30.1 Å². The first-order chi connectivity index (χ1) is 8.50. The highest BCUT2D eigenvalue weighted by Crippen LogP contribution is 2.19. The zero-order valence-corrected chi connectivity index (χ0v) is 11.0. The van der Waals surface area contributed by atoms with E-state index < -0.39 is 5.54 Å². The lowest BCUT2D eigenvalue weighted by molar-refractivity contribution is 0.517. The third-order valence-electron chi connectivity index (χ3n) is 2.95. The summed E-state index contributed by atoms with van der Waals surface area (Å²) in [4.78, 5) is 1.96. The van der Waals surface area contributed by atoms with Gasteiger partial charge in [0, 0.05) is 13.1 Å². The van der Waals surface area contributed by atoms with Crippen molar-refractivity contribution in [3.63, 3.8) is 0 Å². The van der Waals surface area contributed by atoms with Gasteiger partial charge in [-0.3, -0.25) is 0 Å². The predicted molar refractivity (Wildman–Crippen MR) is 71.7 cm³/mol. The van der Waals surface area contributed by atoms with Crippen LogP contribution >= 0.6 is 0 Å². The van der Waals surface area contributed by atoms with Gasteiger partial charge in [-0.1, -0.05) is 12.1 Å². The van der Waals surface area contributed by atoms with Crippen LogP contribution in [0.2, 0.25) is 0 Å². The quantitative estimate of drug-likeness (QED) is 0.843. The van der Waals surface area contributed by atoms with Gasteiger partial charge in [0.2, 0.25) is 0 Å². The molecule has 18 heavy (non-hydrogen) atoms. The van der Waals surface area contributed by atoms with Gasteiger partial charge in [-0.05, 0) is 38.8 Å². The molecule has 98 valence electrons. The van der Waals surface area contributed by atoms with Crippen molar-refractivity contribution in [1.82, 2.24) is 0 Å². The molecule has 0 aliphatic carbocycles. The summed E-state index contributed by atoms with van der Waals surface area (Å²) in [5.74, 6) is -0.213. The molecule has 0 saturated carbocycles. The molecular formula is C14H20FN3. The molecule has 1 aromatic carbocycles. The first-order valence-corrected chi connectivity index (χ1v) is 6.20. The maximum Gasteiger partial charge on any atom is 0.146 e. The highest BCUT2D eigenvalue weighted by Gasteiger charge is 2.17. The number of halogens is 1. The van der Waals surface area contributed by atoms with Crippen molar-refractivity contribution in [2.75, 3.05) is 18.0 Å². The summed E-state index contributed by atoms with van der Waals surface area (Å²) in [7, 11) is 0. The summed E-state index contributed by atoms with van der Waals surface area (Å²) in [6, 6.07) is 8.80. The zero-order valence-electron chi connectivity index (χ0n) is 11.0. The van der Waals surface area contributed by atoms with Crippen LogP contribution in [0.4, 0.5) is 10.1 Å². The lowest BCUT2D eigenvalue weighted by Crippen LogP contribution is -2.35. The number of nitriles is 1. The fraction of sp³-hybridized carbons (Fsp3) is 0.500. The molecule has 1 atom stereocenters. The highest BCUT2D eigenvalue weighted by molar-refractivity contribution is 5.47. The second-order valence-electron chi connectivity index (χ2n) is 4.66. The van der Waals surface area contributed by atoms with E-state index in [1.54, 1.807) is 19.1 Å². The molecular weight excluding hydrogens is 229 g/mol. The maximum absolute atomic E-state index is 13.6. The molecule has 2 N–H and O–H groups in total. The number of hydrogen-bond donors (Lipinski definition) is 1. The molecule has 0 spiro atoms. The Kier molecular flexibility index (Phi) is 5.11. The molecule has 0 fully saturated rings. The predicted octanol–water partition coefficient (Wildman–Crippen LogP) is 2.67. The number of para-hydroxylation sites is 1. The summed E-state index contributed by atoms with van der Waals surface area (Å²) >= 11 is 0. The first kappa shape index (κ1) is 14.5. The van der Waals surface area contributed by atoms with E-state index in [0.717, 1.165) is 13.0 Å². The number of anilines is 1. The number of hydrogen-bond acceptors (Lipinski definition) is 3. The number of nitrogens with two attached hydrogens (primary N) is 1. The van der Waals surface area contributed by atoms with Crippen molar-refractivity contribution in [1.29, 1.82) is 5.26 Å². The lowest BCUT2D eigenvalue weighted by atomic mass is 9.99. The van der Waals surface area contributed by atoms with Crippen LogP contribution in [0.3, 0.4) is 0 Å². The van der Waals surface area contributed by atoms with Gasteiger partial charge in [0.25, 0.3) is 0 Å². The van der Waals surface area contributed by atoms with Gasteiger partial charge in [0.05, 0.1) is 11.8 Å². The van der Waals surface area contributed by atoms with Crippen LogP contribution in [0.5, 0.6) is 0 Å². The molecule has 0 radical (unpaired) electrons. The normalized spacial score (nSPS) is 13.7. The average molecular weight is 249 g/mol. The van der Waals surface area contributed by atoms with Gasteiger partial charge in [0.15, 0.2) is 0 Å². The third kappa shape index (κ3) is 4.01. The Morgan fingerprint density at radius 1 is 1.44 bits per heavy atom. The van der Waals surface area contributed by atoms with Crippen molar-refractivity contribution in [3.8, 4) is 6.07 Å². The molecule has 3 nitrogen and oxygen atoms in total. The Bertz CT molecular complexity index is 423. The second kappa shape index (κ2) is 6.36. The number of rotatable bonds is 6. The lowest BCUT2D eigenvalue weighted by Gasteiger charge is -2.25. The minimum absolute atomic E-state index is 0.213. The fourth-order valence-electron chi connectivity index (χ4n) is 1.85. The molecule has 1 aromatic rings. The van der Waals surface area contributed by atoms with Crippen molar-refractivity contribution in [2.45, 2.75) is 32.2 Å². The van der Waals surface area contributed by atoms with E-state index in [-0.39, 0.29) is 5.82 Å². The third-order valence-corrected chi connectivity index (χ3v) is 2.95. The van der Waals surface area contributed by atoms with Gasteiger partial charge in [-0.2, -0.15) is 5.26 Å². The summed E-state index contributed by atoms with van der Waals surface area (Å²) in [6.07, 6.45) is 1.37. The highest BCUT2D eigenvalue weighted by atomic mass is 19.1. The summed E-state index contributed by atoms with van der Waals surface area (Å²) < 4.78 is 13.6. The molecule has 0 bridgehead atoms. The van der Waals surface area contributed by atoms with Crippen LogP contribution in [0.25, 0.3) is 0 Å². The van der Waals surface area contributed by atoms with Gasteiger partial charge < -0.3 is 10.6 Å². The Hall–Kier alpha value is -1.60. The average Bonchev–Trinajstić information content (AvgIpc) is 2.36. The summed E-state index contributed by atoms with van der Waals surface area (Å²) in [6.45, 7) is 5.13. The second-order valence-corrected chi connectivity index (χ2v) is 4.66. The fourth-order valence-corrected chi connectivity index (χ4v) is 1.85. The minimum atomic E-state index is -0.797. The standard InChI is InChI=1S/C14H20FN3/c1-3-18(10-6-9-14(2,17)11-16)13-8-5-4-7-12(13)15/h4-5,7-8H,3,6,9-10,17H2,1-2H3. The van der Waals surface area contributed by atoms with Crippen molar-refractivity contribution in [2.24, 2.45) is 5.73 Å². The van der Waals surface area contributed by atoms with Crippen LogP contribution in [0.1, 0.15) is 26.7 Å². The van der Waals surface area contributed by atoms with Gasteiger partial charge in [0.1, 0.15) is 11.4 Å². The van der Waals surface area contributed by atoms with Crippen molar-refractivity contribution >= 4 is 5.69 Å². The summed E-state index contributed by atoms with van der Waals surface area (Å²) in [5, 5.41) is 8.83. The summed E-state index contributed by atoms with van der Waals surface area (Å²) in [5.41, 5.74) is 5.57. The number of benzene rings is 1. The van der Waals surface area contributed by atoms with Gasteiger partial charge in [-0.25, -0.2) is 4.39 Å². The van der Waals surface area contributed by atoms with Crippen LogP contribution < -0.4 is 10.6 Å². The van der Waals surface area contributed by atoms with Crippen LogP contribution in [-0.2, 0) is 0 Å². The van der Waals surface area contributed by atoms with E-state index in [1.165, 1.54) is 6.07 Å². The smallest absolute Gasteiger partial charge is 0.146 e. The topological polar surface area (TPSA) is 53.0 Å². The first-order valence-electron chi connectivity index (χ1n) is 6.20. The molecule has 0 aliphatic rings. The largest absolute Gasteiger partial charge is 0.369 e. The molecule has 0 saturated heterocycles.